The van der Waals surface area contributed by atoms with Gasteiger partial charge < -0.3 is 4.90 Å². The summed E-state index contributed by atoms with van der Waals surface area (Å²) in [5, 5.41) is 5.77. The molecule has 0 aliphatic carbocycles. The third-order valence-corrected chi connectivity index (χ3v) is 5.15. The highest BCUT2D eigenvalue weighted by Gasteiger charge is 2.29. The van der Waals surface area contributed by atoms with E-state index in [1.807, 2.05) is 43.3 Å². The molecule has 2 heterocycles. The fourth-order valence-corrected chi connectivity index (χ4v) is 3.62. The van der Waals surface area contributed by atoms with Gasteiger partial charge in [-0.25, -0.2) is 4.39 Å². The zero-order chi connectivity index (χ0) is 19.0. The fourth-order valence-electron chi connectivity index (χ4n) is 3.62. The Kier molecular flexibility index (Phi) is 4.52. The quantitative estimate of drug-likeness (QED) is 0.751. The minimum atomic E-state index is -0.241. The van der Waals surface area contributed by atoms with Crippen LogP contribution in [0.5, 0.6) is 0 Å². The molecule has 0 spiro atoms. The topological polar surface area (TPSA) is 35.9 Å². The lowest BCUT2D eigenvalue weighted by Gasteiger charge is -2.19. The van der Waals surface area contributed by atoms with Crippen molar-refractivity contribution in [1.82, 2.24) is 0 Å². The average Bonchev–Trinajstić information content (AvgIpc) is 3.29. The number of anilines is 2. The SMILES string of the molecule is CC1=NN(c2ccccc2)C(=O)/C1=C/c1cc(F)c(N2CCCC2)cc1C. The molecule has 1 fully saturated rings. The molecule has 0 saturated carbocycles. The molecule has 1 amide bonds. The molecule has 0 radical (unpaired) electrons. The predicted octanol–water partition coefficient (Wildman–Crippen LogP) is 4.54. The highest BCUT2D eigenvalue weighted by Crippen LogP contribution is 2.30. The van der Waals surface area contributed by atoms with Gasteiger partial charge >= 0.3 is 0 Å². The van der Waals surface area contributed by atoms with Crippen LogP contribution < -0.4 is 9.91 Å². The number of hydrazone groups is 1. The maximum atomic E-state index is 14.7. The van der Waals surface area contributed by atoms with Crippen LogP contribution in [-0.4, -0.2) is 24.7 Å². The number of carbonyl (C=O) groups excluding carboxylic acids is 1. The molecular weight excluding hydrogens is 341 g/mol. The van der Waals surface area contributed by atoms with Crippen molar-refractivity contribution in [3.63, 3.8) is 0 Å². The Labute approximate surface area is 158 Å². The molecule has 0 unspecified atom stereocenters. The van der Waals surface area contributed by atoms with E-state index in [4.69, 9.17) is 0 Å². The first-order valence-corrected chi connectivity index (χ1v) is 9.26. The zero-order valence-corrected chi connectivity index (χ0v) is 15.6. The second kappa shape index (κ2) is 6.99. The van der Waals surface area contributed by atoms with E-state index in [-0.39, 0.29) is 11.7 Å². The van der Waals surface area contributed by atoms with Crippen molar-refractivity contribution in [2.75, 3.05) is 23.0 Å². The Morgan fingerprint density at radius 1 is 1.07 bits per heavy atom. The molecule has 5 heteroatoms. The minimum Gasteiger partial charge on any atom is -0.369 e. The molecule has 2 aliphatic rings. The summed E-state index contributed by atoms with van der Waals surface area (Å²) in [6.45, 7) is 5.55. The van der Waals surface area contributed by atoms with E-state index in [1.165, 1.54) is 11.1 Å². The number of hydrogen-bond donors (Lipinski definition) is 0. The highest BCUT2D eigenvalue weighted by atomic mass is 19.1. The molecule has 1 saturated heterocycles. The zero-order valence-electron chi connectivity index (χ0n) is 15.6. The summed E-state index contributed by atoms with van der Waals surface area (Å²) in [6.07, 6.45) is 3.95. The minimum absolute atomic E-state index is 0.192. The molecule has 4 nitrogen and oxygen atoms in total. The molecule has 0 N–H and O–H groups in total. The van der Waals surface area contributed by atoms with Gasteiger partial charge in [-0.2, -0.15) is 10.1 Å². The molecule has 4 rings (SSSR count). The second-order valence-electron chi connectivity index (χ2n) is 7.05. The third-order valence-electron chi connectivity index (χ3n) is 5.15. The summed E-state index contributed by atoms with van der Waals surface area (Å²) in [4.78, 5) is 14.9. The van der Waals surface area contributed by atoms with Gasteiger partial charge in [-0.1, -0.05) is 18.2 Å². The van der Waals surface area contributed by atoms with E-state index in [0.717, 1.165) is 37.2 Å². The van der Waals surface area contributed by atoms with Crippen LogP contribution in [-0.2, 0) is 4.79 Å². The van der Waals surface area contributed by atoms with E-state index in [9.17, 15) is 9.18 Å². The first kappa shape index (κ1) is 17.5. The fraction of sp³-hybridized carbons (Fsp3) is 0.273. The molecule has 2 aromatic rings. The van der Waals surface area contributed by atoms with Crippen molar-refractivity contribution in [2.45, 2.75) is 26.7 Å². The highest BCUT2D eigenvalue weighted by molar-refractivity contribution is 6.32. The Hall–Kier alpha value is -2.95. The van der Waals surface area contributed by atoms with Crippen LogP contribution in [0.1, 0.15) is 30.9 Å². The Bertz CT molecular complexity index is 944. The summed E-state index contributed by atoms with van der Waals surface area (Å²) in [6, 6.07) is 12.7. The largest absolute Gasteiger partial charge is 0.369 e. The van der Waals surface area contributed by atoms with Gasteiger partial charge in [-0.3, -0.25) is 4.79 Å². The van der Waals surface area contributed by atoms with Crippen molar-refractivity contribution in [3.8, 4) is 0 Å². The van der Waals surface area contributed by atoms with Gasteiger partial charge in [-0.15, -0.1) is 0 Å². The van der Waals surface area contributed by atoms with Gasteiger partial charge in [0.25, 0.3) is 5.91 Å². The van der Waals surface area contributed by atoms with E-state index in [2.05, 4.69) is 10.0 Å². The first-order valence-electron chi connectivity index (χ1n) is 9.26. The first-order chi connectivity index (χ1) is 13.0. The predicted molar refractivity (Wildman–Crippen MR) is 108 cm³/mol. The number of benzene rings is 2. The number of nitrogens with zero attached hydrogens (tertiary/aromatic N) is 3. The van der Waals surface area contributed by atoms with Crippen molar-refractivity contribution in [3.05, 3.63) is 65.0 Å². The summed E-state index contributed by atoms with van der Waals surface area (Å²) < 4.78 is 14.7. The lowest BCUT2D eigenvalue weighted by molar-refractivity contribution is -0.114. The number of hydrogen-bond acceptors (Lipinski definition) is 3. The van der Waals surface area contributed by atoms with Gasteiger partial charge in [0.1, 0.15) is 5.82 Å². The van der Waals surface area contributed by atoms with Crippen molar-refractivity contribution < 1.29 is 9.18 Å². The molecular formula is C22H22FN3O. The Morgan fingerprint density at radius 2 is 1.78 bits per heavy atom. The third kappa shape index (κ3) is 3.25. The average molecular weight is 363 g/mol. The maximum absolute atomic E-state index is 14.7. The number of carbonyl (C=O) groups is 1. The lowest BCUT2D eigenvalue weighted by atomic mass is 10.0. The summed E-state index contributed by atoms with van der Waals surface area (Å²) in [5.41, 5.74) is 4.16. The van der Waals surface area contributed by atoms with Crippen molar-refractivity contribution in [1.29, 1.82) is 0 Å². The number of para-hydroxylation sites is 1. The number of rotatable bonds is 3. The van der Waals surface area contributed by atoms with E-state index in [1.54, 1.807) is 13.0 Å². The monoisotopic (exact) mass is 363 g/mol. The number of amides is 1. The van der Waals surface area contributed by atoms with E-state index < -0.39 is 0 Å². The van der Waals surface area contributed by atoms with Gasteiger partial charge in [0, 0.05) is 13.1 Å². The molecule has 0 atom stereocenters. The molecule has 0 aromatic heterocycles. The number of halogens is 1. The molecule has 0 bridgehead atoms. The van der Waals surface area contributed by atoms with Crippen molar-refractivity contribution in [2.24, 2.45) is 5.10 Å². The van der Waals surface area contributed by atoms with Crippen LogP contribution in [0.3, 0.4) is 0 Å². The molecule has 27 heavy (non-hydrogen) atoms. The Balaban J connectivity index is 1.66. The molecule has 2 aliphatic heterocycles. The normalized spacial score (nSPS) is 18.6. The van der Waals surface area contributed by atoms with Gasteiger partial charge in [0.15, 0.2) is 0 Å². The smallest absolute Gasteiger partial charge is 0.280 e. The van der Waals surface area contributed by atoms with Crippen molar-refractivity contribution >= 4 is 29.1 Å². The van der Waals surface area contributed by atoms with Gasteiger partial charge in [-0.05, 0) is 68.2 Å². The second-order valence-corrected chi connectivity index (χ2v) is 7.05. The summed E-state index contributed by atoms with van der Waals surface area (Å²) >= 11 is 0. The van der Waals surface area contributed by atoms with Crippen LogP contribution >= 0.6 is 0 Å². The van der Waals surface area contributed by atoms with Crippen LogP contribution in [0.15, 0.2) is 53.1 Å². The van der Waals surface area contributed by atoms with Crippen LogP contribution in [0.25, 0.3) is 6.08 Å². The molecule has 138 valence electrons. The van der Waals surface area contributed by atoms with Crippen LogP contribution in [0.4, 0.5) is 15.8 Å². The Morgan fingerprint density at radius 3 is 2.48 bits per heavy atom. The summed E-state index contributed by atoms with van der Waals surface area (Å²) in [7, 11) is 0. The van der Waals surface area contributed by atoms with E-state index in [0.29, 0.717) is 22.5 Å². The van der Waals surface area contributed by atoms with E-state index >= 15 is 0 Å². The van der Waals surface area contributed by atoms with Crippen LogP contribution in [0, 0.1) is 12.7 Å². The summed E-state index contributed by atoms with van der Waals surface area (Å²) in [5.74, 6) is -0.434. The number of aryl methyl sites for hydroxylation is 1. The lowest BCUT2D eigenvalue weighted by Crippen LogP contribution is -2.21. The maximum Gasteiger partial charge on any atom is 0.280 e. The van der Waals surface area contributed by atoms with Gasteiger partial charge in [0.2, 0.25) is 0 Å². The van der Waals surface area contributed by atoms with Gasteiger partial charge in [0.05, 0.1) is 22.7 Å². The molecule has 2 aromatic carbocycles. The van der Waals surface area contributed by atoms with Crippen LogP contribution in [0.2, 0.25) is 0 Å². The standard InChI is InChI=1S/C22H22FN3O/c1-15-12-21(25-10-6-7-11-25)20(23)14-17(15)13-19-16(2)24-26(22(19)27)18-8-4-3-5-9-18/h3-5,8-9,12-14H,6-7,10-11H2,1-2H3/b19-13+.